The van der Waals surface area contributed by atoms with Crippen molar-refractivity contribution < 1.29 is 21.6 Å². The monoisotopic (exact) mass is 318 g/mol. The minimum atomic E-state index is -2.17. The van der Waals surface area contributed by atoms with E-state index in [0.717, 1.165) is 5.30 Å². The molecule has 0 bridgehead atoms. The summed E-state index contributed by atoms with van der Waals surface area (Å²) in [6.45, 7) is 8.20. The summed E-state index contributed by atoms with van der Waals surface area (Å²) in [6, 6.07) is 17.9. The summed E-state index contributed by atoms with van der Waals surface area (Å²) in [5.74, 6) is 0. The summed E-state index contributed by atoms with van der Waals surface area (Å²) in [4.78, 5) is 0. The van der Waals surface area contributed by atoms with Crippen LogP contribution in [-0.4, -0.2) is 11.3 Å². The van der Waals surface area contributed by atoms with Crippen LogP contribution in [-0.2, 0) is 21.6 Å². The minimum absolute atomic E-state index is 0. The van der Waals surface area contributed by atoms with Crippen molar-refractivity contribution in [2.75, 3.05) is 0 Å². The Bertz CT molecular complexity index is 426. The molecule has 0 unspecified atom stereocenters. The van der Waals surface area contributed by atoms with Gasteiger partial charge in [-0.1, -0.05) is 33.0 Å². The van der Waals surface area contributed by atoms with E-state index >= 15 is 0 Å². The SMILES string of the molecule is CC(C)P(=O)([c-]1cccc1)C(C)C.[Fe].[cH-]1[cH-][cH-][cH-][cH-]1. The Balaban J connectivity index is 0.000000454. The molecule has 3 heteroatoms. The molecule has 112 valence electrons. The molecule has 0 aromatic heterocycles. The van der Waals surface area contributed by atoms with Gasteiger partial charge in [-0.15, -0.1) is 0 Å². The Morgan fingerprint density at radius 2 is 1.16 bits per heavy atom. The Morgan fingerprint density at radius 1 is 0.842 bits per heavy atom. The maximum Gasteiger partial charge on any atom is 0.0719 e. The van der Waals surface area contributed by atoms with Crippen LogP contribution in [0.4, 0.5) is 0 Å². The van der Waals surface area contributed by atoms with Gasteiger partial charge in [0.15, 0.2) is 0 Å². The molecule has 19 heavy (non-hydrogen) atoms. The van der Waals surface area contributed by atoms with Crippen LogP contribution in [0.2, 0.25) is 0 Å². The molecule has 0 saturated heterocycles. The molecule has 2 aromatic rings. The first kappa shape index (κ1) is 18.4. The van der Waals surface area contributed by atoms with Crippen molar-refractivity contribution in [2.45, 2.75) is 39.0 Å². The molecule has 1 nitrogen and oxygen atoms in total. The molecule has 0 fully saturated rings. The fourth-order valence-electron chi connectivity index (χ4n) is 2.11. The molecule has 0 aliphatic rings. The van der Waals surface area contributed by atoms with E-state index in [9.17, 15) is 4.57 Å². The maximum absolute atomic E-state index is 12.7. The van der Waals surface area contributed by atoms with E-state index in [4.69, 9.17) is 0 Å². The maximum atomic E-state index is 12.7. The first-order chi connectivity index (χ1) is 8.49. The first-order valence-electron chi connectivity index (χ1n) is 6.48. The van der Waals surface area contributed by atoms with Crippen molar-refractivity contribution in [3.05, 3.63) is 54.6 Å². The Hall–Kier alpha value is -0.551. The van der Waals surface area contributed by atoms with Gasteiger partial charge in [-0.3, -0.25) is 0 Å². The van der Waals surface area contributed by atoms with Crippen molar-refractivity contribution in [1.29, 1.82) is 0 Å². The second kappa shape index (κ2) is 8.59. The van der Waals surface area contributed by atoms with Crippen LogP contribution in [0.25, 0.3) is 0 Å². The molecule has 0 radical (unpaired) electrons. The molecular formula is C16H23FeOP-6. The van der Waals surface area contributed by atoms with E-state index in [1.165, 1.54) is 0 Å². The molecule has 0 saturated carbocycles. The van der Waals surface area contributed by atoms with Gasteiger partial charge in [0.2, 0.25) is 0 Å². The summed E-state index contributed by atoms with van der Waals surface area (Å²) in [5, 5.41) is 1.04. The smallest absolute Gasteiger partial charge is 0.0719 e. The molecule has 0 aliphatic carbocycles. The average Bonchev–Trinajstić information content (AvgIpc) is 3.02. The Kier molecular flexibility index (Phi) is 8.34. The van der Waals surface area contributed by atoms with Crippen LogP contribution in [0, 0.1) is 0 Å². The molecule has 0 aliphatic heterocycles. The second-order valence-corrected chi connectivity index (χ2v) is 9.00. The largest absolute Gasteiger partial charge is 0.748 e. The molecule has 0 atom stereocenters. The molecular weight excluding hydrogens is 295 g/mol. The summed E-state index contributed by atoms with van der Waals surface area (Å²) in [7, 11) is -2.17. The topological polar surface area (TPSA) is 17.1 Å². The van der Waals surface area contributed by atoms with Gasteiger partial charge < -0.3 is 34.9 Å². The van der Waals surface area contributed by atoms with Crippen LogP contribution >= 0.6 is 7.14 Å². The van der Waals surface area contributed by atoms with E-state index < -0.39 is 7.14 Å². The van der Waals surface area contributed by atoms with Gasteiger partial charge in [-0.05, 0) is 0 Å². The standard InChI is InChI=1S/C11H18OP.C5H5.Fe/c1-9(2)13(12,10(3)4)11-7-5-6-8-11;1-2-4-5-3-1;/h5-10H,1-4H3;1-5H;/q-1;-5;. The average molecular weight is 318 g/mol. The van der Waals surface area contributed by atoms with E-state index in [1.54, 1.807) is 0 Å². The third-order valence-corrected chi connectivity index (χ3v) is 7.31. The van der Waals surface area contributed by atoms with Crippen LogP contribution in [0.1, 0.15) is 27.7 Å². The van der Waals surface area contributed by atoms with Gasteiger partial charge in [0.05, 0.1) is 7.14 Å². The van der Waals surface area contributed by atoms with Crippen molar-refractivity contribution in [2.24, 2.45) is 0 Å². The van der Waals surface area contributed by atoms with E-state index in [0.29, 0.717) is 0 Å². The van der Waals surface area contributed by atoms with Crippen molar-refractivity contribution in [1.82, 2.24) is 0 Å². The van der Waals surface area contributed by atoms with E-state index in [1.807, 2.05) is 82.3 Å². The third-order valence-electron chi connectivity index (χ3n) is 3.14. The van der Waals surface area contributed by atoms with Crippen LogP contribution in [0.3, 0.4) is 0 Å². The fourth-order valence-corrected chi connectivity index (χ4v) is 5.13. The first-order valence-corrected chi connectivity index (χ1v) is 8.32. The van der Waals surface area contributed by atoms with E-state index in [2.05, 4.69) is 0 Å². The van der Waals surface area contributed by atoms with Crippen molar-refractivity contribution in [3.8, 4) is 0 Å². The Morgan fingerprint density at radius 3 is 1.42 bits per heavy atom. The van der Waals surface area contributed by atoms with Crippen molar-refractivity contribution >= 4 is 12.4 Å². The quantitative estimate of drug-likeness (QED) is 0.459. The summed E-state index contributed by atoms with van der Waals surface area (Å²) >= 11 is 0. The van der Waals surface area contributed by atoms with Crippen LogP contribution in [0.5, 0.6) is 0 Å². The third kappa shape index (κ3) is 4.80. The zero-order chi connectivity index (χ0) is 13.6. The number of rotatable bonds is 3. The molecule has 2 aromatic carbocycles. The molecule has 0 amide bonds. The minimum Gasteiger partial charge on any atom is -0.748 e. The van der Waals surface area contributed by atoms with Crippen molar-refractivity contribution in [3.63, 3.8) is 0 Å². The molecule has 0 heterocycles. The normalized spacial score (nSPS) is 10.8. The summed E-state index contributed by atoms with van der Waals surface area (Å²) < 4.78 is 12.7. The molecule has 0 spiro atoms. The van der Waals surface area contributed by atoms with Gasteiger partial charge in [0.25, 0.3) is 0 Å². The van der Waals surface area contributed by atoms with Gasteiger partial charge in [-0.2, -0.15) is 12.1 Å². The fraction of sp³-hybridized carbons (Fsp3) is 0.375. The Labute approximate surface area is 128 Å². The van der Waals surface area contributed by atoms with Gasteiger partial charge >= 0.3 is 0 Å². The number of hydrogen-bond acceptors (Lipinski definition) is 1. The van der Waals surface area contributed by atoms with Gasteiger partial charge in [0, 0.05) is 28.4 Å². The van der Waals surface area contributed by atoms with E-state index in [-0.39, 0.29) is 28.4 Å². The summed E-state index contributed by atoms with van der Waals surface area (Å²) in [6.07, 6.45) is 0. The van der Waals surface area contributed by atoms with Crippen LogP contribution in [0.15, 0.2) is 54.6 Å². The van der Waals surface area contributed by atoms with Gasteiger partial charge in [-0.25, -0.2) is 12.1 Å². The second-order valence-electron chi connectivity index (χ2n) is 5.00. The predicted octanol–water partition coefficient (Wildman–Crippen LogP) is 4.61. The predicted molar refractivity (Wildman–Crippen MR) is 81.6 cm³/mol. The summed E-state index contributed by atoms with van der Waals surface area (Å²) in [5.41, 5.74) is 0.491. The zero-order valence-electron chi connectivity index (χ0n) is 12.1. The zero-order valence-corrected chi connectivity index (χ0v) is 14.1. The number of hydrogen-bond donors (Lipinski definition) is 0. The molecule has 2 rings (SSSR count). The molecule has 0 N–H and O–H groups in total. The van der Waals surface area contributed by atoms with Gasteiger partial charge in [0.1, 0.15) is 0 Å². The van der Waals surface area contributed by atoms with Crippen LogP contribution < -0.4 is 5.30 Å².